The summed E-state index contributed by atoms with van der Waals surface area (Å²) in [6.45, 7) is 4.39. The Bertz CT molecular complexity index is 511. The molecule has 0 aliphatic carbocycles. The lowest BCUT2D eigenvalue weighted by molar-refractivity contribution is 0.390. The molecular weight excluding hydrogens is 242 g/mol. The van der Waals surface area contributed by atoms with Gasteiger partial charge >= 0.3 is 0 Å². The van der Waals surface area contributed by atoms with Crippen molar-refractivity contribution in [3.63, 3.8) is 0 Å². The average molecular weight is 261 g/mol. The normalized spacial score (nSPS) is 10.6. The van der Waals surface area contributed by atoms with E-state index in [4.69, 9.17) is 4.74 Å². The number of aromatic nitrogens is 4. The van der Waals surface area contributed by atoms with E-state index in [0.717, 1.165) is 24.4 Å². The maximum atomic E-state index is 5.21. The molecule has 2 aromatic heterocycles. The van der Waals surface area contributed by atoms with Gasteiger partial charge in [-0.3, -0.25) is 0 Å². The van der Waals surface area contributed by atoms with Gasteiger partial charge in [-0.2, -0.15) is 5.10 Å². The average Bonchev–Trinajstić information content (AvgIpc) is 2.87. The van der Waals surface area contributed by atoms with Crippen molar-refractivity contribution in [2.45, 2.75) is 33.0 Å². The molecule has 0 aliphatic heterocycles. The summed E-state index contributed by atoms with van der Waals surface area (Å²) >= 11 is 0. The summed E-state index contributed by atoms with van der Waals surface area (Å²) in [6, 6.07) is 3.90. The SMILES string of the molecule is CCCn1ncnc1CNCc1cccnc1OC. The van der Waals surface area contributed by atoms with Crippen LogP contribution in [0.4, 0.5) is 0 Å². The molecule has 0 aliphatic rings. The van der Waals surface area contributed by atoms with Crippen molar-refractivity contribution in [1.29, 1.82) is 0 Å². The predicted octanol–water partition coefficient (Wildman–Crippen LogP) is 1.38. The maximum absolute atomic E-state index is 5.21. The van der Waals surface area contributed by atoms with Crippen molar-refractivity contribution in [3.05, 3.63) is 36.0 Å². The lowest BCUT2D eigenvalue weighted by atomic mass is 10.2. The molecule has 2 aromatic rings. The van der Waals surface area contributed by atoms with Crippen LogP contribution in [0.2, 0.25) is 0 Å². The van der Waals surface area contributed by atoms with Gasteiger partial charge in [-0.05, 0) is 12.5 Å². The standard InChI is InChI=1S/C13H19N5O/c1-3-7-18-12(16-10-17-18)9-14-8-11-5-4-6-15-13(11)19-2/h4-6,10,14H,3,7-9H2,1-2H3. The summed E-state index contributed by atoms with van der Waals surface area (Å²) in [4.78, 5) is 8.42. The molecule has 0 bridgehead atoms. The van der Waals surface area contributed by atoms with E-state index < -0.39 is 0 Å². The second-order valence-electron chi connectivity index (χ2n) is 4.17. The first-order chi connectivity index (χ1) is 9.35. The molecule has 19 heavy (non-hydrogen) atoms. The smallest absolute Gasteiger partial charge is 0.217 e. The summed E-state index contributed by atoms with van der Waals surface area (Å²) in [5.41, 5.74) is 1.03. The van der Waals surface area contributed by atoms with Gasteiger partial charge in [0.15, 0.2) is 0 Å². The quantitative estimate of drug-likeness (QED) is 0.815. The molecule has 1 N–H and O–H groups in total. The number of rotatable bonds is 7. The van der Waals surface area contributed by atoms with Gasteiger partial charge in [0.05, 0.1) is 13.7 Å². The molecule has 0 unspecified atom stereocenters. The summed E-state index contributed by atoms with van der Waals surface area (Å²) in [5.74, 6) is 1.61. The van der Waals surface area contributed by atoms with Gasteiger partial charge in [0, 0.05) is 24.8 Å². The van der Waals surface area contributed by atoms with Crippen LogP contribution in [0.5, 0.6) is 5.88 Å². The molecule has 102 valence electrons. The Morgan fingerprint density at radius 3 is 3.00 bits per heavy atom. The van der Waals surface area contributed by atoms with Crippen molar-refractivity contribution < 1.29 is 4.74 Å². The van der Waals surface area contributed by atoms with Crippen LogP contribution in [0.1, 0.15) is 24.7 Å². The number of nitrogens with zero attached hydrogens (tertiary/aromatic N) is 4. The van der Waals surface area contributed by atoms with E-state index in [0.29, 0.717) is 19.0 Å². The number of methoxy groups -OCH3 is 1. The fourth-order valence-electron chi connectivity index (χ4n) is 1.88. The highest BCUT2D eigenvalue weighted by atomic mass is 16.5. The minimum atomic E-state index is 0.657. The molecule has 6 nitrogen and oxygen atoms in total. The lowest BCUT2D eigenvalue weighted by Gasteiger charge is -2.08. The molecule has 6 heteroatoms. The molecule has 0 amide bonds. The number of hydrogen-bond donors (Lipinski definition) is 1. The fraction of sp³-hybridized carbons (Fsp3) is 0.462. The van der Waals surface area contributed by atoms with Gasteiger partial charge in [-0.1, -0.05) is 13.0 Å². The highest BCUT2D eigenvalue weighted by molar-refractivity contribution is 5.24. The number of pyridine rings is 1. The van der Waals surface area contributed by atoms with Crippen LogP contribution in [-0.4, -0.2) is 26.9 Å². The molecule has 0 radical (unpaired) electrons. The molecule has 0 fully saturated rings. The Balaban J connectivity index is 1.91. The molecule has 0 saturated carbocycles. The van der Waals surface area contributed by atoms with E-state index >= 15 is 0 Å². The minimum Gasteiger partial charge on any atom is -0.481 e. The van der Waals surface area contributed by atoms with E-state index in [-0.39, 0.29) is 0 Å². The Labute approximate surface area is 112 Å². The van der Waals surface area contributed by atoms with Gasteiger partial charge < -0.3 is 10.1 Å². The topological polar surface area (TPSA) is 64.9 Å². The first-order valence-corrected chi connectivity index (χ1v) is 6.40. The maximum Gasteiger partial charge on any atom is 0.217 e. The second-order valence-corrected chi connectivity index (χ2v) is 4.17. The first-order valence-electron chi connectivity index (χ1n) is 6.40. The highest BCUT2D eigenvalue weighted by Gasteiger charge is 2.05. The molecule has 0 atom stereocenters. The molecular formula is C13H19N5O. The van der Waals surface area contributed by atoms with E-state index in [1.807, 2.05) is 16.8 Å². The molecule has 0 saturated heterocycles. The van der Waals surface area contributed by atoms with Crippen molar-refractivity contribution >= 4 is 0 Å². The molecule has 0 spiro atoms. The van der Waals surface area contributed by atoms with E-state index in [2.05, 4.69) is 27.3 Å². The third-order valence-electron chi connectivity index (χ3n) is 2.77. The van der Waals surface area contributed by atoms with Crippen LogP contribution in [0.3, 0.4) is 0 Å². The number of nitrogens with one attached hydrogen (secondary N) is 1. The molecule has 0 aromatic carbocycles. The monoisotopic (exact) mass is 261 g/mol. The Kier molecular flexibility index (Phi) is 4.85. The zero-order chi connectivity index (χ0) is 13.5. The van der Waals surface area contributed by atoms with Crippen LogP contribution in [-0.2, 0) is 19.6 Å². The van der Waals surface area contributed by atoms with E-state index in [1.54, 1.807) is 19.6 Å². The lowest BCUT2D eigenvalue weighted by Crippen LogP contribution is -2.18. The molecule has 2 heterocycles. The first kappa shape index (κ1) is 13.5. The third-order valence-corrected chi connectivity index (χ3v) is 2.77. The van der Waals surface area contributed by atoms with Crippen LogP contribution in [0.15, 0.2) is 24.7 Å². The Morgan fingerprint density at radius 2 is 2.21 bits per heavy atom. The van der Waals surface area contributed by atoms with Crippen molar-refractivity contribution in [3.8, 4) is 5.88 Å². The van der Waals surface area contributed by atoms with Crippen molar-refractivity contribution in [2.24, 2.45) is 0 Å². The van der Waals surface area contributed by atoms with Gasteiger partial charge in [-0.15, -0.1) is 0 Å². The summed E-state index contributed by atoms with van der Waals surface area (Å²) < 4.78 is 7.14. The number of hydrogen-bond acceptors (Lipinski definition) is 5. The van der Waals surface area contributed by atoms with Crippen LogP contribution < -0.4 is 10.1 Å². The van der Waals surface area contributed by atoms with Gasteiger partial charge in [0.1, 0.15) is 12.2 Å². The number of aryl methyl sites for hydroxylation is 1. The predicted molar refractivity (Wildman–Crippen MR) is 71.6 cm³/mol. The summed E-state index contributed by atoms with van der Waals surface area (Å²) in [7, 11) is 1.63. The van der Waals surface area contributed by atoms with Gasteiger partial charge in [0.25, 0.3) is 0 Å². The Hall–Kier alpha value is -1.95. The van der Waals surface area contributed by atoms with Crippen molar-refractivity contribution in [2.75, 3.05) is 7.11 Å². The molecule has 2 rings (SSSR count). The van der Waals surface area contributed by atoms with Crippen LogP contribution in [0.25, 0.3) is 0 Å². The van der Waals surface area contributed by atoms with Crippen LogP contribution in [0, 0.1) is 0 Å². The minimum absolute atomic E-state index is 0.657. The van der Waals surface area contributed by atoms with Gasteiger partial charge in [-0.25, -0.2) is 14.6 Å². The van der Waals surface area contributed by atoms with Crippen LogP contribution >= 0.6 is 0 Å². The zero-order valence-corrected chi connectivity index (χ0v) is 11.3. The van der Waals surface area contributed by atoms with E-state index in [1.165, 1.54) is 0 Å². The highest BCUT2D eigenvalue weighted by Crippen LogP contribution is 2.12. The van der Waals surface area contributed by atoms with E-state index in [9.17, 15) is 0 Å². The second kappa shape index (κ2) is 6.84. The number of ether oxygens (including phenoxy) is 1. The summed E-state index contributed by atoms with van der Waals surface area (Å²) in [5, 5.41) is 7.53. The largest absolute Gasteiger partial charge is 0.481 e. The Morgan fingerprint density at radius 1 is 1.32 bits per heavy atom. The van der Waals surface area contributed by atoms with Crippen molar-refractivity contribution in [1.82, 2.24) is 25.1 Å². The zero-order valence-electron chi connectivity index (χ0n) is 11.3. The third kappa shape index (κ3) is 3.51. The van der Waals surface area contributed by atoms with Gasteiger partial charge in [0.2, 0.25) is 5.88 Å². The fourth-order valence-corrected chi connectivity index (χ4v) is 1.88. The summed E-state index contributed by atoms with van der Waals surface area (Å²) in [6.07, 6.45) is 4.37.